The van der Waals surface area contributed by atoms with Crippen LogP contribution in [0.2, 0.25) is 5.02 Å². The molecule has 7 heteroatoms. The van der Waals surface area contributed by atoms with Crippen LogP contribution in [0.3, 0.4) is 0 Å². The van der Waals surface area contributed by atoms with Gasteiger partial charge in [-0.1, -0.05) is 16.8 Å². The van der Waals surface area contributed by atoms with E-state index in [1.54, 1.807) is 22.9 Å². The number of nitrogens with zero attached hydrogens (tertiary/aromatic N) is 3. The molecule has 0 atom stereocenters. The Morgan fingerprint density at radius 1 is 1.45 bits per heavy atom. The van der Waals surface area contributed by atoms with Crippen molar-refractivity contribution in [2.75, 3.05) is 0 Å². The highest BCUT2D eigenvalue weighted by molar-refractivity contribution is 6.32. The molecule has 2 aromatic rings. The van der Waals surface area contributed by atoms with Gasteiger partial charge in [-0.3, -0.25) is 4.68 Å². The zero-order valence-electron chi connectivity index (χ0n) is 11.4. The second kappa shape index (κ2) is 5.42. The van der Waals surface area contributed by atoms with Crippen molar-refractivity contribution in [1.29, 1.82) is 0 Å². The number of aryl methyl sites for hydroxylation is 2. The van der Waals surface area contributed by atoms with Crippen LogP contribution in [0.1, 0.15) is 17.0 Å². The van der Waals surface area contributed by atoms with E-state index in [-0.39, 0.29) is 5.84 Å². The van der Waals surface area contributed by atoms with Crippen LogP contribution in [0.15, 0.2) is 23.4 Å². The summed E-state index contributed by atoms with van der Waals surface area (Å²) in [5.41, 5.74) is 7.70. The van der Waals surface area contributed by atoms with Crippen molar-refractivity contribution in [3.63, 3.8) is 0 Å². The van der Waals surface area contributed by atoms with Gasteiger partial charge >= 0.3 is 0 Å². The number of hydrogen-bond acceptors (Lipinski definition) is 4. The number of nitrogens with two attached hydrogens (primary N) is 1. The monoisotopic (exact) mass is 294 g/mol. The molecule has 0 aliphatic carbocycles. The Kier molecular flexibility index (Phi) is 3.85. The molecule has 1 aromatic carbocycles. The summed E-state index contributed by atoms with van der Waals surface area (Å²) in [4.78, 5) is 0. The predicted molar refractivity (Wildman–Crippen MR) is 76.7 cm³/mol. The van der Waals surface area contributed by atoms with Gasteiger partial charge < -0.3 is 15.7 Å². The largest absolute Gasteiger partial charge is 0.452 e. The minimum absolute atomic E-state index is 0.00723. The van der Waals surface area contributed by atoms with Gasteiger partial charge in [0.1, 0.15) is 11.4 Å². The van der Waals surface area contributed by atoms with Crippen LogP contribution in [0, 0.1) is 13.8 Å². The molecule has 0 amide bonds. The first-order chi connectivity index (χ1) is 9.43. The highest BCUT2D eigenvalue weighted by Crippen LogP contribution is 2.33. The average molecular weight is 295 g/mol. The van der Waals surface area contributed by atoms with Gasteiger partial charge in [-0.15, -0.1) is 0 Å². The minimum Gasteiger partial charge on any atom is -0.452 e. The maximum absolute atomic E-state index is 8.64. The summed E-state index contributed by atoms with van der Waals surface area (Å²) in [6, 6.07) is 4.91. The van der Waals surface area contributed by atoms with Crippen molar-refractivity contribution >= 4 is 17.4 Å². The molecule has 0 bridgehead atoms. The summed E-state index contributed by atoms with van der Waals surface area (Å²) < 4.78 is 7.54. The quantitative estimate of drug-likeness (QED) is 0.394. The van der Waals surface area contributed by atoms with Crippen LogP contribution in [-0.4, -0.2) is 20.8 Å². The topological polar surface area (TPSA) is 85.7 Å². The van der Waals surface area contributed by atoms with E-state index in [1.807, 2.05) is 20.9 Å². The summed E-state index contributed by atoms with van der Waals surface area (Å²) in [5, 5.41) is 16.2. The first-order valence-electron chi connectivity index (χ1n) is 5.89. The summed E-state index contributed by atoms with van der Waals surface area (Å²) in [6.45, 7) is 3.77. The van der Waals surface area contributed by atoms with Crippen LogP contribution in [0.5, 0.6) is 11.5 Å². The third-order valence-electron chi connectivity index (χ3n) is 2.99. The molecule has 0 unspecified atom stereocenters. The van der Waals surface area contributed by atoms with E-state index in [9.17, 15) is 0 Å². The second-order valence-corrected chi connectivity index (χ2v) is 4.76. The number of aromatic nitrogens is 2. The number of benzene rings is 1. The molecule has 2 rings (SSSR count). The molecule has 0 fully saturated rings. The predicted octanol–water partition coefficient (Wildman–Crippen LogP) is 2.58. The average Bonchev–Trinajstić information content (AvgIpc) is 2.66. The fraction of sp³-hybridized carbons (Fsp3) is 0.231. The van der Waals surface area contributed by atoms with Gasteiger partial charge in [-0.2, -0.15) is 5.10 Å². The minimum atomic E-state index is -0.00723. The Hall–Kier alpha value is -2.21. The molecule has 0 aliphatic rings. The first kappa shape index (κ1) is 14.2. The highest BCUT2D eigenvalue weighted by atomic mass is 35.5. The molecular weight excluding hydrogens is 280 g/mol. The molecule has 1 heterocycles. The Labute approximate surface area is 121 Å². The lowest BCUT2D eigenvalue weighted by atomic mass is 10.2. The third kappa shape index (κ3) is 2.55. The van der Waals surface area contributed by atoms with E-state index in [2.05, 4.69) is 10.3 Å². The fourth-order valence-corrected chi connectivity index (χ4v) is 2.03. The number of hydrogen-bond donors (Lipinski definition) is 2. The van der Waals surface area contributed by atoms with Gasteiger partial charge in [-0.05, 0) is 32.0 Å². The smallest absolute Gasteiger partial charge is 0.171 e. The summed E-state index contributed by atoms with van der Waals surface area (Å²) in [7, 11) is 1.85. The molecule has 1 aromatic heterocycles. The van der Waals surface area contributed by atoms with Crippen LogP contribution in [-0.2, 0) is 7.05 Å². The third-order valence-corrected chi connectivity index (χ3v) is 3.29. The van der Waals surface area contributed by atoms with E-state index in [1.165, 1.54) is 0 Å². The zero-order valence-corrected chi connectivity index (χ0v) is 12.1. The molecule has 3 N–H and O–H groups in total. The lowest BCUT2D eigenvalue weighted by molar-refractivity contribution is 0.318. The van der Waals surface area contributed by atoms with Crippen LogP contribution >= 0.6 is 11.6 Å². The molecule has 0 radical (unpaired) electrons. The molecule has 0 spiro atoms. The van der Waals surface area contributed by atoms with E-state index in [4.69, 9.17) is 27.3 Å². The SMILES string of the molecule is Cc1nn(C)c(C)c1Oc1ccc(C(N)=NO)cc1Cl. The van der Waals surface area contributed by atoms with Crippen molar-refractivity contribution in [2.45, 2.75) is 13.8 Å². The first-order valence-corrected chi connectivity index (χ1v) is 6.27. The normalized spacial score (nSPS) is 11.7. The lowest BCUT2D eigenvalue weighted by Crippen LogP contribution is -2.12. The maximum atomic E-state index is 8.64. The van der Waals surface area contributed by atoms with Gasteiger partial charge in [-0.25, -0.2) is 0 Å². The lowest BCUT2D eigenvalue weighted by Gasteiger charge is -2.09. The highest BCUT2D eigenvalue weighted by Gasteiger charge is 2.14. The Morgan fingerprint density at radius 2 is 2.15 bits per heavy atom. The van der Waals surface area contributed by atoms with E-state index < -0.39 is 0 Å². The Morgan fingerprint density at radius 3 is 2.65 bits per heavy atom. The molecule has 0 saturated heterocycles. The molecule has 106 valence electrons. The zero-order chi connectivity index (χ0) is 14.9. The number of rotatable bonds is 3. The van der Waals surface area contributed by atoms with Crippen LogP contribution in [0.4, 0.5) is 0 Å². The number of oxime groups is 1. The van der Waals surface area contributed by atoms with E-state index >= 15 is 0 Å². The summed E-state index contributed by atoms with van der Waals surface area (Å²) in [6.07, 6.45) is 0. The van der Waals surface area contributed by atoms with Crippen molar-refractivity contribution in [3.8, 4) is 11.5 Å². The molecule has 0 aliphatic heterocycles. The van der Waals surface area contributed by atoms with E-state index in [0.717, 1.165) is 11.4 Å². The van der Waals surface area contributed by atoms with Gasteiger partial charge in [0.15, 0.2) is 11.6 Å². The van der Waals surface area contributed by atoms with Crippen molar-refractivity contribution in [3.05, 3.63) is 40.2 Å². The van der Waals surface area contributed by atoms with Gasteiger partial charge in [0.2, 0.25) is 0 Å². The van der Waals surface area contributed by atoms with Crippen LogP contribution < -0.4 is 10.5 Å². The standard InChI is InChI=1S/C13H15ClN4O2/c1-7-12(8(2)18(3)16-7)20-11-5-4-9(6-10(11)14)13(15)17-19/h4-6,19H,1-3H3,(H2,15,17). The van der Waals surface area contributed by atoms with Gasteiger partial charge in [0, 0.05) is 12.6 Å². The number of halogens is 1. The van der Waals surface area contributed by atoms with Crippen LogP contribution in [0.25, 0.3) is 0 Å². The molecule has 20 heavy (non-hydrogen) atoms. The summed E-state index contributed by atoms with van der Waals surface area (Å²) in [5.74, 6) is 1.15. The maximum Gasteiger partial charge on any atom is 0.171 e. The second-order valence-electron chi connectivity index (χ2n) is 4.36. The molecule has 0 saturated carbocycles. The Bertz CT molecular complexity index is 679. The number of ether oxygens (including phenoxy) is 1. The molecule has 6 nitrogen and oxygen atoms in total. The van der Waals surface area contributed by atoms with Crippen molar-refractivity contribution < 1.29 is 9.94 Å². The summed E-state index contributed by atoms with van der Waals surface area (Å²) >= 11 is 6.15. The number of amidine groups is 1. The van der Waals surface area contributed by atoms with Crippen molar-refractivity contribution in [1.82, 2.24) is 9.78 Å². The van der Waals surface area contributed by atoms with Gasteiger partial charge in [0.25, 0.3) is 0 Å². The van der Waals surface area contributed by atoms with Crippen molar-refractivity contribution in [2.24, 2.45) is 17.9 Å². The van der Waals surface area contributed by atoms with E-state index in [0.29, 0.717) is 22.1 Å². The Balaban J connectivity index is 2.35. The molecular formula is C13H15ClN4O2. The fourth-order valence-electron chi connectivity index (χ4n) is 1.81. The van der Waals surface area contributed by atoms with Gasteiger partial charge in [0.05, 0.1) is 10.7 Å².